The SMILES string of the molecule is CCOC(=O)N1CCC(NC(C)C(=O)NC(C)(C)C)CC1. The molecule has 1 aliphatic heterocycles. The van der Waals surface area contributed by atoms with Gasteiger partial charge in [0.15, 0.2) is 0 Å². The number of carbonyl (C=O) groups excluding carboxylic acids is 2. The first-order valence-electron chi connectivity index (χ1n) is 7.72. The monoisotopic (exact) mass is 299 g/mol. The van der Waals surface area contributed by atoms with Gasteiger partial charge in [-0.15, -0.1) is 0 Å². The molecule has 2 N–H and O–H groups in total. The first kappa shape index (κ1) is 17.8. The highest BCUT2D eigenvalue weighted by atomic mass is 16.6. The number of ether oxygens (including phenoxy) is 1. The molecule has 0 bridgehead atoms. The number of piperidine rings is 1. The molecule has 0 spiro atoms. The van der Waals surface area contributed by atoms with Crippen LogP contribution in [0.5, 0.6) is 0 Å². The molecular formula is C15H29N3O3. The van der Waals surface area contributed by atoms with Crippen molar-refractivity contribution >= 4 is 12.0 Å². The molecule has 0 aliphatic carbocycles. The summed E-state index contributed by atoms with van der Waals surface area (Å²) in [5.74, 6) is 0.00956. The standard InChI is InChI=1S/C15H29N3O3/c1-6-21-14(20)18-9-7-12(8-10-18)16-11(2)13(19)17-15(3,4)5/h11-12,16H,6-10H2,1-5H3,(H,17,19). The lowest BCUT2D eigenvalue weighted by molar-refractivity contribution is -0.124. The molecule has 1 rings (SSSR count). The number of hydrogen-bond acceptors (Lipinski definition) is 4. The van der Waals surface area contributed by atoms with Crippen molar-refractivity contribution in [3.05, 3.63) is 0 Å². The van der Waals surface area contributed by atoms with Crippen molar-refractivity contribution in [3.8, 4) is 0 Å². The second kappa shape index (κ2) is 7.64. The van der Waals surface area contributed by atoms with Gasteiger partial charge in [-0.1, -0.05) is 0 Å². The highest BCUT2D eigenvalue weighted by Gasteiger charge is 2.26. The Morgan fingerprint density at radius 2 is 1.86 bits per heavy atom. The van der Waals surface area contributed by atoms with Crippen LogP contribution in [0.3, 0.4) is 0 Å². The van der Waals surface area contributed by atoms with Crippen LogP contribution in [-0.2, 0) is 9.53 Å². The van der Waals surface area contributed by atoms with Crippen LogP contribution >= 0.6 is 0 Å². The summed E-state index contributed by atoms with van der Waals surface area (Å²) in [7, 11) is 0. The molecule has 1 saturated heterocycles. The van der Waals surface area contributed by atoms with Crippen molar-refractivity contribution in [2.45, 2.75) is 65.1 Å². The van der Waals surface area contributed by atoms with Gasteiger partial charge in [-0.05, 0) is 47.5 Å². The highest BCUT2D eigenvalue weighted by Crippen LogP contribution is 2.12. The molecule has 6 heteroatoms. The van der Waals surface area contributed by atoms with Crippen LogP contribution in [0.25, 0.3) is 0 Å². The Morgan fingerprint density at radius 3 is 2.33 bits per heavy atom. The van der Waals surface area contributed by atoms with E-state index in [0.717, 1.165) is 12.8 Å². The van der Waals surface area contributed by atoms with E-state index in [1.54, 1.807) is 4.90 Å². The number of nitrogens with one attached hydrogen (secondary N) is 2. The Balaban J connectivity index is 2.35. The van der Waals surface area contributed by atoms with E-state index in [1.807, 2.05) is 34.6 Å². The summed E-state index contributed by atoms with van der Waals surface area (Å²) in [4.78, 5) is 25.4. The highest BCUT2D eigenvalue weighted by molar-refractivity contribution is 5.81. The second-order valence-electron chi connectivity index (χ2n) is 6.59. The predicted octanol–water partition coefficient (Wildman–Crippen LogP) is 1.50. The first-order chi connectivity index (χ1) is 9.73. The lowest BCUT2D eigenvalue weighted by atomic mass is 10.0. The van der Waals surface area contributed by atoms with E-state index >= 15 is 0 Å². The fraction of sp³-hybridized carbons (Fsp3) is 0.867. The Labute approximate surface area is 127 Å². The summed E-state index contributed by atoms with van der Waals surface area (Å²) in [5.41, 5.74) is -0.222. The van der Waals surface area contributed by atoms with E-state index in [0.29, 0.717) is 19.7 Å². The molecule has 1 aliphatic rings. The molecule has 21 heavy (non-hydrogen) atoms. The third-order valence-electron chi connectivity index (χ3n) is 3.40. The van der Waals surface area contributed by atoms with Crippen LogP contribution in [0.1, 0.15) is 47.5 Å². The van der Waals surface area contributed by atoms with Crippen LogP contribution in [0.2, 0.25) is 0 Å². The average Bonchev–Trinajstić information content (AvgIpc) is 2.37. The van der Waals surface area contributed by atoms with E-state index in [9.17, 15) is 9.59 Å². The molecular weight excluding hydrogens is 270 g/mol. The number of amides is 2. The van der Waals surface area contributed by atoms with Gasteiger partial charge in [0.05, 0.1) is 12.6 Å². The molecule has 0 radical (unpaired) electrons. The van der Waals surface area contributed by atoms with Crippen molar-refractivity contribution in [1.29, 1.82) is 0 Å². The van der Waals surface area contributed by atoms with Gasteiger partial charge in [0, 0.05) is 24.7 Å². The number of nitrogens with zero attached hydrogens (tertiary/aromatic N) is 1. The summed E-state index contributed by atoms with van der Waals surface area (Å²) >= 11 is 0. The molecule has 1 heterocycles. The zero-order valence-corrected chi connectivity index (χ0v) is 13.9. The maximum absolute atomic E-state index is 12.0. The second-order valence-corrected chi connectivity index (χ2v) is 6.59. The molecule has 1 atom stereocenters. The molecule has 0 aromatic carbocycles. The maximum atomic E-state index is 12.0. The topological polar surface area (TPSA) is 70.7 Å². The van der Waals surface area contributed by atoms with E-state index in [-0.39, 0.29) is 29.6 Å². The summed E-state index contributed by atoms with van der Waals surface area (Å²) in [6.07, 6.45) is 1.44. The van der Waals surface area contributed by atoms with Gasteiger partial charge in [-0.25, -0.2) is 4.79 Å². The lowest BCUT2D eigenvalue weighted by Crippen LogP contribution is -2.54. The lowest BCUT2D eigenvalue weighted by Gasteiger charge is -2.33. The van der Waals surface area contributed by atoms with Crippen molar-refractivity contribution in [1.82, 2.24) is 15.5 Å². The van der Waals surface area contributed by atoms with Crippen LogP contribution in [0.15, 0.2) is 0 Å². The Morgan fingerprint density at radius 1 is 1.29 bits per heavy atom. The van der Waals surface area contributed by atoms with Crippen molar-refractivity contribution in [2.75, 3.05) is 19.7 Å². The van der Waals surface area contributed by atoms with Crippen LogP contribution in [0, 0.1) is 0 Å². The van der Waals surface area contributed by atoms with Crippen LogP contribution < -0.4 is 10.6 Å². The van der Waals surface area contributed by atoms with Gasteiger partial charge >= 0.3 is 6.09 Å². The number of hydrogen-bond donors (Lipinski definition) is 2. The minimum Gasteiger partial charge on any atom is -0.450 e. The molecule has 1 unspecified atom stereocenters. The molecule has 0 aromatic heterocycles. The molecule has 0 aromatic rings. The van der Waals surface area contributed by atoms with Crippen LogP contribution in [0.4, 0.5) is 4.79 Å². The van der Waals surface area contributed by atoms with Crippen molar-refractivity contribution < 1.29 is 14.3 Å². The largest absolute Gasteiger partial charge is 0.450 e. The van der Waals surface area contributed by atoms with Crippen molar-refractivity contribution in [3.63, 3.8) is 0 Å². The number of rotatable bonds is 4. The van der Waals surface area contributed by atoms with Crippen LogP contribution in [-0.4, -0.2) is 54.2 Å². The number of likely N-dealkylation sites (tertiary alicyclic amines) is 1. The third-order valence-corrected chi connectivity index (χ3v) is 3.40. The predicted molar refractivity (Wildman–Crippen MR) is 82.1 cm³/mol. The minimum absolute atomic E-state index is 0.00956. The quantitative estimate of drug-likeness (QED) is 0.825. The average molecular weight is 299 g/mol. The summed E-state index contributed by atoms with van der Waals surface area (Å²) < 4.78 is 4.99. The zero-order chi connectivity index (χ0) is 16.0. The first-order valence-corrected chi connectivity index (χ1v) is 7.72. The summed E-state index contributed by atoms with van der Waals surface area (Å²) in [6.45, 7) is 11.3. The molecule has 1 fully saturated rings. The van der Waals surface area contributed by atoms with Gasteiger partial charge in [0.2, 0.25) is 5.91 Å². The minimum atomic E-state index is -0.241. The number of carbonyl (C=O) groups is 2. The zero-order valence-electron chi connectivity index (χ0n) is 13.9. The Kier molecular flexibility index (Phi) is 6.45. The van der Waals surface area contributed by atoms with E-state index < -0.39 is 0 Å². The summed E-state index contributed by atoms with van der Waals surface area (Å²) in [6, 6.07) is 0.0276. The smallest absolute Gasteiger partial charge is 0.409 e. The van der Waals surface area contributed by atoms with E-state index in [2.05, 4.69) is 10.6 Å². The molecule has 6 nitrogen and oxygen atoms in total. The van der Waals surface area contributed by atoms with Gasteiger partial charge in [-0.2, -0.15) is 0 Å². The summed E-state index contributed by atoms with van der Waals surface area (Å²) in [5, 5.41) is 6.31. The third kappa shape index (κ3) is 6.33. The molecule has 2 amide bonds. The van der Waals surface area contributed by atoms with Crippen molar-refractivity contribution in [2.24, 2.45) is 0 Å². The van der Waals surface area contributed by atoms with Gasteiger partial charge in [-0.3, -0.25) is 4.79 Å². The fourth-order valence-electron chi connectivity index (χ4n) is 2.35. The van der Waals surface area contributed by atoms with Gasteiger partial charge in [0.25, 0.3) is 0 Å². The van der Waals surface area contributed by atoms with Gasteiger partial charge in [0.1, 0.15) is 0 Å². The maximum Gasteiger partial charge on any atom is 0.409 e. The fourth-order valence-corrected chi connectivity index (χ4v) is 2.35. The molecule has 122 valence electrons. The Hall–Kier alpha value is -1.30. The van der Waals surface area contributed by atoms with E-state index in [1.165, 1.54) is 0 Å². The van der Waals surface area contributed by atoms with Gasteiger partial charge < -0.3 is 20.3 Å². The normalized spacial score (nSPS) is 18.2. The molecule has 0 saturated carbocycles. The van der Waals surface area contributed by atoms with E-state index in [4.69, 9.17) is 4.74 Å². The Bertz CT molecular complexity index is 358.